The Morgan fingerprint density at radius 2 is 1.52 bits per heavy atom. The first kappa shape index (κ1) is 16.9. The molecule has 3 amide bonds. The Morgan fingerprint density at radius 3 is 2.08 bits per heavy atom. The summed E-state index contributed by atoms with van der Waals surface area (Å²) in [6.45, 7) is 1.78. The number of carbonyl (C=O) groups excluding carboxylic acids is 3. The summed E-state index contributed by atoms with van der Waals surface area (Å²) in [5.74, 6) is -1.16. The van der Waals surface area contributed by atoms with E-state index in [-0.39, 0.29) is 18.5 Å². The third kappa shape index (κ3) is 3.45. The van der Waals surface area contributed by atoms with Crippen molar-refractivity contribution in [3.63, 3.8) is 0 Å². The number of carbonyl (C=O) groups is 3. The van der Waals surface area contributed by atoms with Crippen LogP contribution in [0.5, 0.6) is 0 Å². The molecule has 0 saturated heterocycles. The van der Waals surface area contributed by atoms with Crippen molar-refractivity contribution in [1.29, 1.82) is 0 Å². The Hall–Kier alpha value is -2.95. The fourth-order valence-electron chi connectivity index (χ4n) is 3.06. The zero-order valence-electron chi connectivity index (χ0n) is 14.1. The zero-order valence-corrected chi connectivity index (χ0v) is 14.1. The van der Waals surface area contributed by atoms with Gasteiger partial charge in [0.2, 0.25) is 5.91 Å². The van der Waals surface area contributed by atoms with E-state index in [1.165, 1.54) is 0 Å². The number of benzene rings is 2. The van der Waals surface area contributed by atoms with Gasteiger partial charge in [0.15, 0.2) is 0 Å². The molecule has 1 aliphatic rings. The van der Waals surface area contributed by atoms with Gasteiger partial charge in [-0.2, -0.15) is 0 Å². The third-order valence-electron chi connectivity index (χ3n) is 4.29. The highest BCUT2D eigenvalue weighted by atomic mass is 16.2. The molecule has 0 bridgehead atoms. The fraction of sp³-hybridized carbons (Fsp3) is 0.250. The summed E-state index contributed by atoms with van der Waals surface area (Å²) in [5.41, 5.74) is 1.72. The highest BCUT2D eigenvalue weighted by molar-refractivity contribution is 6.22. The second-order valence-corrected chi connectivity index (χ2v) is 6.06. The minimum atomic E-state index is -0.414. The number of rotatable bonds is 6. The molecule has 1 aliphatic heterocycles. The first-order valence-corrected chi connectivity index (χ1v) is 8.41. The van der Waals surface area contributed by atoms with Crippen LogP contribution in [0.2, 0.25) is 0 Å². The van der Waals surface area contributed by atoms with Crippen molar-refractivity contribution in [3.05, 3.63) is 71.3 Å². The van der Waals surface area contributed by atoms with Gasteiger partial charge < -0.3 is 5.32 Å². The van der Waals surface area contributed by atoms with Crippen LogP contribution in [-0.2, 0) is 4.79 Å². The predicted molar refractivity (Wildman–Crippen MR) is 94.0 cm³/mol. The monoisotopic (exact) mass is 336 g/mol. The van der Waals surface area contributed by atoms with Gasteiger partial charge >= 0.3 is 0 Å². The number of hydrogen-bond acceptors (Lipinski definition) is 3. The second kappa shape index (κ2) is 7.30. The molecule has 0 fully saturated rings. The van der Waals surface area contributed by atoms with Crippen molar-refractivity contribution in [2.24, 2.45) is 0 Å². The highest BCUT2D eigenvalue weighted by Crippen LogP contribution is 2.23. The van der Waals surface area contributed by atoms with Gasteiger partial charge in [-0.05, 0) is 24.1 Å². The molecule has 3 rings (SSSR count). The molecular formula is C20H20N2O3. The topological polar surface area (TPSA) is 66.5 Å². The maximum atomic E-state index is 12.4. The van der Waals surface area contributed by atoms with Crippen molar-refractivity contribution >= 4 is 17.7 Å². The summed E-state index contributed by atoms with van der Waals surface area (Å²) in [4.78, 5) is 38.1. The van der Waals surface area contributed by atoms with E-state index in [1.807, 2.05) is 37.3 Å². The van der Waals surface area contributed by atoms with Crippen LogP contribution in [0.25, 0.3) is 0 Å². The molecular weight excluding hydrogens is 316 g/mol. The molecule has 0 aromatic heterocycles. The van der Waals surface area contributed by atoms with Crippen LogP contribution in [-0.4, -0.2) is 29.2 Å². The molecule has 0 saturated carbocycles. The largest absolute Gasteiger partial charge is 0.348 e. The van der Waals surface area contributed by atoms with E-state index in [2.05, 4.69) is 5.32 Å². The summed E-state index contributed by atoms with van der Waals surface area (Å²) < 4.78 is 0. The first-order valence-electron chi connectivity index (χ1n) is 8.41. The quantitative estimate of drug-likeness (QED) is 0.825. The molecule has 0 spiro atoms. The average molecular weight is 336 g/mol. The molecule has 1 atom stereocenters. The molecule has 1 heterocycles. The van der Waals surface area contributed by atoms with Crippen LogP contribution >= 0.6 is 0 Å². The lowest BCUT2D eigenvalue weighted by Gasteiger charge is -2.20. The van der Waals surface area contributed by atoms with Gasteiger partial charge in [-0.3, -0.25) is 19.3 Å². The average Bonchev–Trinajstić information content (AvgIpc) is 2.87. The van der Waals surface area contributed by atoms with Gasteiger partial charge in [-0.15, -0.1) is 0 Å². The van der Waals surface area contributed by atoms with Crippen LogP contribution in [0.3, 0.4) is 0 Å². The molecule has 2 aromatic rings. The Balaban J connectivity index is 1.70. The first-order chi connectivity index (χ1) is 12.1. The maximum Gasteiger partial charge on any atom is 0.262 e. The van der Waals surface area contributed by atoms with E-state index in [9.17, 15) is 14.4 Å². The van der Waals surface area contributed by atoms with Crippen LogP contribution < -0.4 is 5.32 Å². The van der Waals surface area contributed by atoms with Gasteiger partial charge in [0.25, 0.3) is 11.8 Å². The molecule has 128 valence electrons. The van der Waals surface area contributed by atoms with Crippen LogP contribution in [0.1, 0.15) is 52.1 Å². The minimum Gasteiger partial charge on any atom is -0.348 e. The van der Waals surface area contributed by atoms with E-state index >= 15 is 0 Å². The smallest absolute Gasteiger partial charge is 0.262 e. The Kier molecular flexibility index (Phi) is 4.93. The number of nitrogens with one attached hydrogen (secondary N) is 1. The zero-order chi connectivity index (χ0) is 17.8. The SMILES string of the molecule is CCC[C@H](NC(=O)CN1C(=O)c2ccccc2C1=O)c1ccccc1. The van der Waals surface area contributed by atoms with E-state index in [1.54, 1.807) is 24.3 Å². The number of amides is 3. The van der Waals surface area contributed by atoms with Gasteiger partial charge in [0, 0.05) is 0 Å². The molecule has 0 unspecified atom stereocenters. The summed E-state index contributed by atoms with van der Waals surface area (Å²) in [7, 11) is 0. The lowest BCUT2D eigenvalue weighted by molar-refractivity contribution is -0.122. The van der Waals surface area contributed by atoms with Crippen LogP contribution in [0.15, 0.2) is 54.6 Å². The third-order valence-corrected chi connectivity index (χ3v) is 4.29. The van der Waals surface area contributed by atoms with Crippen molar-refractivity contribution in [2.45, 2.75) is 25.8 Å². The van der Waals surface area contributed by atoms with E-state index in [0.29, 0.717) is 11.1 Å². The van der Waals surface area contributed by atoms with Crippen LogP contribution in [0.4, 0.5) is 0 Å². The minimum absolute atomic E-state index is 0.131. The summed E-state index contributed by atoms with van der Waals surface area (Å²) >= 11 is 0. The van der Waals surface area contributed by atoms with E-state index < -0.39 is 11.8 Å². The molecule has 0 aliphatic carbocycles. The number of imide groups is 1. The standard InChI is InChI=1S/C20H20N2O3/c1-2-8-17(14-9-4-3-5-10-14)21-18(23)13-22-19(24)15-11-6-7-12-16(15)20(22)25/h3-7,9-12,17H,2,8,13H2,1H3,(H,21,23)/t17-/m0/s1. The summed E-state index contributed by atoms with van der Waals surface area (Å²) in [6, 6.07) is 16.2. The number of nitrogens with zero attached hydrogens (tertiary/aromatic N) is 1. The Morgan fingerprint density at radius 1 is 0.960 bits per heavy atom. The molecule has 1 N–H and O–H groups in total. The molecule has 2 aromatic carbocycles. The van der Waals surface area contributed by atoms with E-state index in [0.717, 1.165) is 23.3 Å². The van der Waals surface area contributed by atoms with Crippen molar-refractivity contribution < 1.29 is 14.4 Å². The number of fused-ring (bicyclic) bond motifs is 1. The highest BCUT2D eigenvalue weighted by Gasteiger charge is 2.36. The summed E-state index contributed by atoms with van der Waals surface area (Å²) in [6.07, 6.45) is 1.70. The van der Waals surface area contributed by atoms with Crippen molar-refractivity contribution in [2.75, 3.05) is 6.54 Å². The van der Waals surface area contributed by atoms with Crippen molar-refractivity contribution in [1.82, 2.24) is 10.2 Å². The summed E-state index contributed by atoms with van der Waals surface area (Å²) in [5, 5.41) is 2.94. The fourth-order valence-corrected chi connectivity index (χ4v) is 3.06. The predicted octanol–water partition coefficient (Wildman–Crippen LogP) is 2.94. The second-order valence-electron chi connectivity index (χ2n) is 6.06. The molecule has 25 heavy (non-hydrogen) atoms. The van der Waals surface area contributed by atoms with Gasteiger partial charge in [-0.25, -0.2) is 0 Å². The Labute approximate surface area is 146 Å². The van der Waals surface area contributed by atoms with Crippen LogP contribution in [0, 0.1) is 0 Å². The lowest BCUT2D eigenvalue weighted by atomic mass is 10.0. The van der Waals surface area contributed by atoms with Crippen molar-refractivity contribution in [3.8, 4) is 0 Å². The van der Waals surface area contributed by atoms with Gasteiger partial charge in [0.1, 0.15) is 6.54 Å². The Bertz CT molecular complexity index is 767. The molecule has 5 nitrogen and oxygen atoms in total. The normalized spacial score (nSPS) is 14.4. The van der Waals surface area contributed by atoms with Gasteiger partial charge in [-0.1, -0.05) is 55.8 Å². The molecule has 5 heteroatoms. The van der Waals surface area contributed by atoms with Gasteiger partial charge in [0.05, 0.1) is 17.2 Å². The molecule has 0 radical (unpaired) electrons. The van der Waals surface area contributed by atoms with E-state index in [4.69, 9.17) is 0 Å². The lowest BCUT2D eigenvalue weighted by Crippen LogP contribution is -2.41. The maximum absolute atomic E-state index is 12.4. The number of hydrogen-bond donors (Lipinski definition) is 1.